The lowest BCUT2D eigenvalue weighted by Gasteiger charge is -2.59. The summed E-state index contributed by atoms with van der Waals surface area (Å²) < 4.78 is 34.4. The minimum absolute atomic E-state index is 0.0282. The second-order valence-electron chi connectivity index (χ2n) is 9.13. The third-order valence-electron chi connectivity index (χ3n) is 7.19. The van der Waals surface area contributed by atoms with Gasteiger partial charge in [-0.05, 0) is 92.4 Å². The van der Waals surface area contributed by atoms with E-state index in [9.17, 15) is 13.6 Å². The van der Waals surface area contributed by atoms with Crippen LogP contribution in [0.15, 0.2) is 24.3 Å². The number of amides is 1. The Hall–Kier alpha value is -2.11. The van der Waals surface area contributed by atoms with Gasteiger partial charge < -0.3 is 14.8 Å². The van der Waals surface area contributed by atoms with Crippen molar-refractivity contribution in [2.45, 2.75) is 58.1 Å². The zero-order valence-corrected chi connectivity index (χ0v) is 17.0. The van der Waals surface area contributed by atoms with Crippen molar-refractivity contribution in [1.82, 2.24) is 5.32 Å². The highest BCUT2D eigenvalue weighted by molar-refractivity contribution is 5.92. The van der Waals surface area contributed by atoms with Gasteiger partial charge in [0.15, 0.2) is 11.5 Å². The molecule has 0 saturated heterocycles. The van der Waals surface area contributed by atoms with Gasteiger partial charge in [-0.25, -0.2) is 0 Å². The summed E-state index contributed by atoms with van der Waals surface area (Å²) in [6.07, 6.45) is 11.0. The highest BCUT2D eigenvalue weighted by Gasteiger charge is 2.53. The number of nitrogens with one attached hydrogen (secondary N) is 1. The van der Waals surface area contributed by atoms with Gasteiger partial charge in [-0.2, -0.15) is 8.78 Å². The van der Waals surface area contributed by atoms with Crippen LogP contribution in [0.25, 0.3) is 6.08 Å². The third kappa shape index (κ3) is 4.26. The van der Waals surface area contributed by atoms with E-state index in [0.717, 1.165) is 17.8 Å². The van der Waals surface area contributed by atoms with Gasteiger partial charge >= 0.3 is 6.61 Å². The summed E-state index contributed by atoms with van der Waals surface area (Å²) in [6.45, 7) is -0.764. The number of alkyl halides is 2. The molecule has 4 bridgehead atoms. The van der Waals surface area contributed by atoms with Gasteiger partial charge in [0.05, 0.1) is 7.11 Å². The highest BCUT2D eigenvalue weighted by atomic mass is 19.3. The molecule has 1 amide bonds. The smallest absolute Gasteiger partial charge is 0.387 e. The molecule has 4 nitrogen and oxygen atoms in total. The van der Waals surface area contributed by atoms with Crippen LogP contribution in [0.4, 0.5) is 8.78 Å². The number of hydrogen-bond donors (Lipinski definition) is 1. The summed E-state index contributed by atoms with van der Waals surface area (Å²) in [7, 11) is 1.39. The van der Waals surface area contributed by atoms with Crippen molar-refractivity contribution in [3.05, 3.63) is 29.8 Å². The van der Waals surface area contributed by atoms with Crippen LogP contribution in [0.5, 0.6) is 11.5 Å². The number of rotatable bonds is 7. The van der Waals surface area contributed by atoms with Crippen molar-refractivity contribution in [2.75, 3.05) is 7.11 Å². The topological polar surface area (TPSA) is 47.6 Å². The largest absolute Gasteiger partial charge is 0.493 e. The van der Waals surface area contributed by atoms with Gasteiger partial charge in [0.25, 0.3) is 0 Å². The molecule has 4 saturated carbocycles. The molecular weight excluding hydrogens is 376 g/mol. The first-order valence-corrected chi connectivity index (χ1v) is 10.5. The molecule has 29 heavy (non-hydrogen) atoms. The number of carbonyl (C=O) groups is 1. The fraction of sp³-hybridized carbons (Fsp3) is 0.609. The predicted molar refractivity (Wildman–Crippen MR) is 107 cm³/mol. The molecule has 0 heterocycles. The molecule has 6 heteroatoms. The minimum Gasteiger partial charge on any atom is -0.493 e. The molecule has 1 aromatic carbocycles. The van der Waals surface area contributed by atoms with Gasteiger partial charge in [-0.1, -0.05) is 6.07 Å². The van der Waals surface area contributed by atoms with Crippen LogP contribution < -0.4 is 14.8 Å². The highest BCUT2D eigenvalue weighted by Crippen LogP contribution is 2.61. The lowest BCUT2D eigenvalue weighted by atomic mass is 9.48. The van der Waals surface area contributed by atoms with Crippen LogP contribution in [0.1, 0.15) is 51.0 Å². The Morgan fingerprint density at radius 3 is 2.31 bits per heavy atom. The SMILES string of the molecule is COc1cc(/C=C/C(=O)N[C@@H](C)C23CC4CC(CC(C4)C2)C3)ccc1OC(F)F. The maximum Gasteiger partial charge on any atom is 0.387 e. The molecule has 0 radical (unpaired) electrons. The van der Waals surface area contributed by atoms with E-state index in [1.807, 2.05) is 0 Å². The number of carbonyl (C=O) groups excluding carboxylic acids is 1. The van der Waals surface area contributed by atoms with Crippen molar-refractivity contribution in [3.63, 3.8) is 0 Å². The molecule has 158 valence electrons. The Morgan fingerprint density at radius 2 is 1.76 bits per heavy atom. The summed E-state index contributed by atoms with van der Waals surface area (Å²) in [6, 6.07) is 4.77. The molecule has 5 rings (SSSR count). The Bertz CT molecular complexity index is 757. The third-order valence-corrected chi connectivity index (χ3v) is 7.19. The van der Waals surface area contributed by atoms with Gasteiger partial charge in [0.1, 0.15) is 0 Å². The summed E-state index contributed by atoms with van der Waals surface area (Å²) in [5, 5.41) is 3.19. The summed E-state index contributed by atoms with van der Waals surface area (Å²) in [5.74, 6) is 2.59. The molecule has 1 atom stereocenters. The quantitative estimate of drug-likeness (QED) is 0.647. The molecule has 0 aliphatic heterocycles. The lowest BCUT2D eigenvalue weighted by Crippen LogP contribution is -2.55. The standard InChI is InChI=1S/C23H29F2NO3/c1-14(23-11-16-7-17(12-23)9-18(8-16)13-23)26-21(27)6-4-15-3-5-19(29-22(24)25)20(10-15)28-2/h3-6,10,14,16-18,22H,7-9,11-13H2,1-2H3,(H,26,27)/b6-4+/t14-,16?,17?,18?,23?/m0/s1. The number of methoxy groups -OCH3 is 1. The Kier molecular flexibility index (Phi) is 5.54. The van der Waals surface area contributed by atoms with E-state index in [4.69, 9.17) is 4.74 Å². The molecule has 0 unspecified atom stereocenters. The van der Waals surface area contributed by atoms with E-state index >= 15 is 0 Å². The van der Waals surface area contributed by atoms with Gasteiger partial charge in [0, 0.05) is 12.1 Å². The van der Waals surface area contributed by atoms with E-state index in [1.165, 1.54) is 57.8 Å². The average molecular weight is 405 g/mol. The van der Waals surface area contributed by atoms with Gasteiger partial charge in [-0.3, -0.25) is 4.79 Å². The first-order chi connectivity index (χ1) is 13.9. The molecular formula is C23H29F2NO3. The van der Waals surface area contributed by atoms with E-state index in [1.54, 1.807) is 18.2 Å². The van der Waals surface area contributed by atoms with Crippen LogP contribution in [0.3, 0.4) is 0 Å². The van der Waals surface area contributed by atoms with Crippen molar-refractivity contribution in [1.29, 1.82) is 0 Å². The second-order valence-corrected chi connectivity index (χ2v) is 9.13. The predicted octanol–water partition coefficient (Wildman–Crippen LogP) is 5.03. The number of hydrogen-bond acceptors (Lipinski definition) is 3. The fourth-order valence-electron chi connectivity index (χ4n) is 6.28. The molecule has 1 aromatic rings. The van der Waals surface area contributed by atoms with E-state index in [2.05, 4.69) is 17.0 Å². The van der Waals surface area contributed by atoms with E-state index in [0.29, 0.717) is 5.56 Å². The van der Waals surface area contributed by atoms with Crippen molar-refractivity contribution >= 4 is 12.0 Å². The Balaban J connectivity index is 1.39. The Morgan fingerprint density at radius 1 is 1.14 bits per heavy atom. The Labute approximate surface area is 170 Å². The van der Waals surface area contributed by atoms with Crippen LogP contribution in [0, 0.1) is 23.2 Å². The average Bonchev–Trinajstić information content (AvgIpc) is 2.65. The van der Waals surface area contributed by atoms with Crippen molar-refractivity contribution < 1.29 is 23.0 Å². The normalized spacial score (nSPS) is 31.3. The van der Waals surface area contributed by atoms with Crippen LogP contribution in [0.2, 0.25) is 0 Å². The summed E-state index contributed by atoms with van der Waals surface area (Å²) >= 11 is 0. The summed E-state index contributed by atoms with van der Waals surface area (Å²) in [4.78, 5) is 12.5. The molecule has 4 aliphatic carbocycles. The maximum absolute atomic E-state index is 12.5. The van der Waals surface area contributed by atoms with Crippen molar-refractivity contribution in [2.24, 2.45) is 23.2 Å². The number of ether oxygens (including phenoxy) is 2. The van der Waals surface area contributed by atoms with E-state index in [-0.39, 0.29) is 28.9 Å². The minimum atomic E-state index is -2.91. The molecule has 1 N–H and O–H groups in total. The second kappa shape index (κ2) is 7.96. The van der Waals surface area contributed by atoms with Gasteiger partial charge in [-0.15, -0.1) is 0 Å². The number of benzene rings is 1. The van der Waals surface area contributed by atoms with Crippen LogP contribution in [-0.2, 0) is 4.79 Å². The fourth-order valence-corrected chi connectivity index (χ4v) is 6.28. The zero-order valence-electron chi connectivity index (χ0n) is 17.0. The molecule has 4 aliphatic rings. The van der Waals surface area contributed by atoms with Crippen molar-refractivity contribution in [3.8, 4) is 11.5 Å². The lowest BCUT2D eigenvalue weighted by molar-refractivity contribution is -0.121. The first kappa shape index (κ1) is 20.2. The molecule has 4 fully saturated rings. The van der Waals surface area contributed by atoms with E-state index < -0.39 is 6.61 Å². The summed E-state index contributed by atoms with van der Waals surface area (Å²) in [5.41, 5.74) is 0.941. The number of halogens is 2. The van der Waals surface area contributed by atoms with Gasteiger partial charge in [0.2, 0.25) is 5.91 Å². The monoisotopic (exact) mass is 405 g/mol. The molecule has 0 aromatic heterocycles. The maximum atomic E-state index is 12.5. The molecule has 0 spiro atoms. The van der Waals surface area contributed by atoms with Crippen LogP contribution >= 0.6 is 0 Å². The van der Waals surface area contributed by atoms with Crippen LogP contribution in [-0.4, -0.2) is 25.7 Å². The zero-order chi connectivity index (χ0) is 20.6. The first-order valence-electron chi connectivity index (χ1n) is 10.5.